The van der Waals surface area contributed by atoms with Crippen LogP contribution in [0, 0.1) is 5.92 Å². The maximum atomic E-state index is 12.1. The number of carbonyl (C=O) groups excluding carboxylic acids is 2. The van der Waals surface area contributed by atoms with E-state index in [1.807, 2.05) is 6.92 Å². The van der Waals surface area contributed by atoms with E-state index in [-0.39, 0.29) is 36.2 Å². The number of halogens is 1. The maximum absolute atomic E-state index is 12.1. The van der Waals surface area contributed by atoms with Crippen LogP contribution < -0.4 is 11.1 Å². The van der Waals surface area contributed by atoms with Crippen LogP contribution in [-0.2, 0) is 9.59 Å². The van der Waals surface area contributed by atoms with Crippen LogP contribution in [0.1, 0.15) is 32.6 Å². The molecule has 1 heterocycles. The molecule has 2 rings (SSSR count). The van der Waals surface area contributed by atoms with Crippen LogP contribution in [0.3, 0.4) is 0 Å². The van der Waals surface area contributed by atoms with Gasteiger partial charge in [0.25, 0.3) is 0 Å². The van der Waals surface area contributed by atoms with Crippen molar-refractivity contribution >= 4 is 24.2 Å². The molecule has 2 atom stereocenters. The van der Waals surface area contributed by atoms with Crippen LogP contribution in [0.25, 0.3) is 0 Å². The molecule has 0 aromatic carbocycles. The van der Waals surface area contributed by atoms with Crippen LogP contribution >= 0.6 is 12.4 Å². The normalized spacial score (nSPS) is 24.3. The molecule has 5 nitrogen and oxygen atoms in total. The first-order chi connectivity index (χ1) is 8.13. The fourth-order valence-corrected chi connectivity index (χ4v) is 2.21. The zero-order chi connectivity index (χ0) is 12.4. The highest BCUT2D eigenvalue weighted by atomic mass is 35.5. The minimum atomic E-state index is -0.267. The van der Waals surface area contributed by atoms with Gasteiger partial charge in [-0.05, 0) is 25.7 Å². The molecule has 1 aliphatic carbocycles. The highest BCUT2D eigenvalue weighted by molar-refractivity contribution is 5.89. The quantitative estimate of drug-likeness (QED) is 0.773. The van der Waals surface area contributed by atoms with Gasteiger partial charge >= 0.3 is 0 Å². The van der Waals surface area contributed by atoms with Gasteiger partial charge in [0.15, 0.2) is 0 Å². The Balaban J connectivity index is 0.00000162. The number of hydrogen-bond donors (Lipinski definition) is 2. The Bertz CT molecular complexity index is 320. The summed E-state index contributed by atoms with van der Waals surface area (Å²) in [5.41, 5.74) is 5.50. The van der Waals surface area contributed by atoms with Crippen molar-refractivity contribution in [1.82, 2.24) is 10.2 Å². The van der Waals surface area contributed by atoms with Crippen LogP contribution in [0.4, 0.5) is 0 Å². The Morgan fingerprint density at radius 2 is 2.06 bits per heavy atom. The topological polar surface area (TPSA) is 75.4 Å². The zero-order valence-corrected chi connectivity index (χ0v) is 11.5. The standard InChI is InChI=1S/C12H21N3O2.ClH/c1-8(7-13)12(17)15-6-2-3-10(15)11(16)14-9-4-5-9;/h8-10H,2-7,13H2,1H3,(H,14,16);1H. The highest BCUT2D eigenvalue weighted by Gasteiger charge is 2.37. The summed E-state index contributed by atoms with van der Waals surface area (Å²) in [7, 11) is 0. The SMILES string of the molecule is CC(CN)C(=O)N1CCCC1C(=O)NC1CC1.Cl. The molecule has 18 heavy (non-hydrogen) atoms. The molecule has 0 aromatic heterocycles. The first kappa shape index (κ1) is 15.2. The fourth-order valence-electron chi connectivity index (χ4n) is 2.21. The highest BCUT2D eigenvalue weighted by Crippen LogP contribution is 2.23. The minimum Gasteiger partial charge on any atom is -0.352 e. The van der Waals surface area contributed by atoms with Crippen LogP contribution in [0.15, 0.2) is 0 Å². The monoisotopic (exact) mass is 275 g/mol. The third-order valence-electron chi connectivity index (χ3n) is 3.54. The summed E-state index contributed by atoms with van der Waals surface area (Å²) in [6, 6.07) is 0.0871. The van der Waals surface area contributed by atoms with Crippen molar-refractivity contribution in [2.45, 2.75) is 44.7 Å². The molecule has 0 aromatic rings. The third-order valence-corrected chi connectivity index (χ3v) is 3.54. The van der Waals surface area contributed by atoms with E-state index in [9.17, 15) is 9.59 Å². The van der Waals surface area contributed by atoms with Crippen LogP contribution in [0.2, 0.25) is 0 Å². The Labute approximate surface area is 114 Å². The molecule has 1 saturated heterocycles. The summed E-state index contributed by atoms with van der Waals surface area (Å²) in [5.74, 6) is -0.159. The number of nitrogens with two attached hydrogens (primary N) is 1. The summed E-state index contributed by atoms with van der Waals surface area (Å²) in [4.78, 5) is 25.7. The molecular weight excluding hydrogens is 254 g/mol. The van der Waals surface area contributed by atoms with Gasteiger partial charge in [-0.3, -0.25) is 9.59 Å². The molecular formula is C12H22ClN3O2. The molecule has 0 bridgehead atoms. The molecule has 3 N–H and O–H groups in total. The number of likely N-dealkylation sites (tertiary alicyclic amines) is 1. The first-order valence-corrected chi connectivity index (χ1v) is 6.44. The Kier molecular flexibility index (Phi) is 5.41. The lowest BCUT2D eigenvalue weighted by Gasteiger charge is -2.26. The van der Waals surface area contributed by atoms with Crippen molar-refractivity contribution in [3.05, 3.63) is 0 Å². The van der Waals surface area contributed by atoms with Crippen LogP contribution in [0.5, 0.6) is 0 Å². The van der Waals surface area contributed by atoms with Gasteiger partial charge in [0, 0.05) is 25.0 Å². The van der Waals surface area contributed by atoms with E-state index in [2.05, 4.69) is 5.32 Å². The molecule has 2 fully saturated rings. The second kappa shape index (κ2) is 6.38. The van der Waals surface area contributed by atoms with E-state index >= 15 is 0 Å². The van der Waals surface area contributed by atoms with Crippen molar-refractivity contribution < 1.29 is 9.59 Å². The van der Waals surface area contributed by atoms with Gasteiger partial charge in [-0.1, -0.05) is 6.92 Å². The summed E-state index contributed by atoms with van der Waals surface area (Å²) < 4.78 is 0. The van der Waals surface area contributed by atoms with Gasteiger partial charge in [-0.25, -0.2) is 0 Å². The number of nitrogens with zero attached hydrogens (tertiary/aromatic N) is 1. The zero-order valence-electron chi connectivity index (χ0n) is 10.7. The Hall–Kier alpha value is -0.810. The lowest BCUT2D eigenvalue weighted by Crippen LogP contribution is -2.48. The minimum absolute atomic E-state index is 0. The van der Waals surface area contributed by atoms with Crippen molar-refractivity contribution in [2.75, 3.05) is 13.1 Å². The largest absolute Gasteiger partial charge is 0.352 e. The van der Waals surface area contributed by atoms with Crippen molar-refractivity contribution in [3.63, 3.8) is 0 Å². The average Bonchev–Trinajstić information content (AvgIpc) is 2.99. The Morgan fingerprint density at radius 3 is 2.61 bits per heavy atom. The summed E-state index contributed by atoms with van der Waals surface area (Å²) in [5, 5.41) is 2.97. The summed E-state index contributed by atoms with van der Waals surface area (Å²) >= 11 is 0. The predicted molar refractivity (Wildman–Crippen MR) is 71.4 cm³/mol. The van der Waals surface area contributed by atoms with Gasteiger partial charge in [0.1, 0.15) is 6.04 Å². The molecule has 6 heteroatoms. The molecule has 1 saturated carbocycles. The van der Waals surface area contributed by atoms with Gasteiger partial charge in [-0.2, -0.15) is 0 Å². The van der Waals surface area contributed by atoms with E-state index in [1.165, 1.54) is 0 Å². The molecule has 104 valence electrons. The number of amides is 2. The number of nitrogens with one attached hydrogen (secondary N) is 1. The smallest absolute Gasteiger partial charge is 0.243 e. The van der Waals surface area contributed by atoms with E-state index in [4.69, 9.17) is 5.73 Å². The second-order valence-electron chi connectivity index (χ2n) is 5.11. The average molecular weight is 276 g/mol. The lowest BCUT2D eigenvalue weighted by molar-refractivity contribution is -0.141. The summed E-state index contributed by atoms with van der Waals surface area (Å²) in [6.07, 6.45) is 3.84. The first-order valence-electron chi connectivity index (χ1n) is 6.44. The van der Waals surface area contributed by atoms with E-state index < -0.39 is 0 Å². The van der Waals surface area contributed by atoms with E-state index in [0.717, 1.165) is 25.7 Å². The van der Waals surface area contributed by atoms with Gasteiger partial charge in [0.2, 0.25) is 11.8 Å². The Morgan fingerprint density at radius 1 is 1.39 bits per heavy atom. The third kappa shape index (κ3) is 3.36. The predicted octanol–water partition coefficient (Wildman–Crippen LogP) is 0.273. The fraction of sp³-hybridized carbons (Fsp3) is 0.833. The second-order valence-corrected chi connectivity index (χ2v) is 5.11. The van der Waals surface area contributed by atoms with Gasteiger partial charge < -0.3 is 16.0 Å². The molecule has 2 aliphatic rings. The van der Waals surface area contributed by atoms with Crippen LogP contribution in [-0.4, -0.2) is 41.9 Å². The number of carbonyl (C=O) groups is 2. The van der Waals surface area contributed by atoms with E-state index in [0.29, 0.717) is 19.1 Å². The molecule has 2 unspecified atom stereocenters. The number of hydrogen-bond acceptors (Lipinski definition) is 3. The molecule has 0 spiro atoms. The maximum Gasteiger partial charge on any atom is 0.243 e. The van der Waals surface area contributed by atoms with Crippen molar-refractivity contribution in [2.24, 2.45) is 11.7 Å². The van der Waals surface area contributed by atoms with Gasteiger partial charge in [-0.15, -0.1) is 12.4 Å². The molecule has 2 amide bonds. The molecule has 0 radical (unpaired) electrons. The summed E-state index contributed by atoms with van der Waals surface area (Å²) in [6.45, 7) is 2.84. The van der Waals surface area contributed by atoms with Gasteiger partial charge in [0.05, 0.1) is 0 Å². The number of rotatable bonds is 4. The van der Waals surface area contributed by atoms with Crippen molar-refractivity contribution in [3.8, 4) is 0 Å². The lowest BCUT2D eigenvalue weighted by atomic mass is 10.1. The molecule has 1 aliphatic heterocycles. The van der Waals surface area contributed by atoms with E-state index in [1.54, 1.807) is 4.90 Å². The van der Waals surface area contributed by atoms with Crippen molar-refractivity contribution in [1.29, 1.82) is 0 Å².